The van der Waals surface area contributed by atoms with E-state index in [1.807, 2.05) is 28.5 Å². The highest BCUT2D eigenvalue weighted by Crippen LogP contribution is 2.41. The number of carbonyl (C=O) groups is 1. The highest BCUT2D eigenvalue weighted by atomic mass is 19.1. The number of imidazole rings is 1. The van der Waals surface area contributed by atoms with Gasteiger partial charge >= 0.3 is 0 Å². The highest BCUT2D eigenvalue weighted by Gasteiger charge is 2.45. The molecule has 1 aromatic heterocycles. The molecule has 1 atom stereocenters. The van der Waals surface area contributed by atoms with Crippen LogP contribution in [-0.2, 0) is 12.1 Å². The number of benzene rings is 3. The molecule has 0 spiro atoms. The van der Waals surface area contributed by atoms with Crippen molar-refractivity contribution in [3.63, 3.8) is 0 Å². The van der Waals surface area contributed by atoms with Crippen LogP contribution in [0.2, 0.25) is 0 Å². The number of likely N-dealkylation sites (tertiary alicyclic amines) is 1. The average Bonchev–Trinajstić information content (AvgIpc) is 3.40. The number of halogens is 1. The minimum Gasteiger partial charge on any atom is -0.326 e. The van der Waals surface area contributed by atoms with Crippen LogP contribution in [0.4, 0.5) is 4.39 Å². The summed E-state index contributed by atoms with van der Waals surface area (Å²) in [6.45, 7) is 10.7. The Bertz CT molecular complexity index is 1470. The maximum Gasteiger partial charge on any atom is 0.255 e. The number of rotatable bonds is 5. The van der Waals surface area contributed by atoms with Gasteiger partial charge in [-0.15, -0.1) is 0 Å². The Balaban J connectivity index is 1.64. The van der Waals surface area contributed by atoms with Gasteiger partial charge in [0.1, 0.15) is 12.5 Å². The van der Waals surface area contributed by atoms with Crippen LogP contribution in [0.15, 0.2) is 54.6 Å². The Morgan fingerprint density at radius 1 is 1.00 bits per heavy atom. The summed E-state index contributed by atoms with van der Waals surface area (Å²) in [6.07, 6.45) is 1.67. The third kappa shape index (κ3) is 4.01. The average molecular weight is 484 g/mol. The molecule has 2 heterocycles. The van der Waals surface area contributed by atoms with Crippen LogP contribution < -0.4 is 0 Å². The van der Waals surface area contributed by atoms with E-state index in [1.54, 1.807) is 0 Å². The molecule has 0 aliphatic carbocycles. The lowest BCUT2D eigenvalue weighted by atomic mass is 9.93. The number of hydrogen-bond acceptors (Lipinski definition) is 2. The zero-order valence-electron chi connectivity index (χ0n) is 21.9. The molecule has 186 valence electrons. The van der Waals surface area contributed by atoms with Crippen LogP contribution in [0.25, 0.3) is 22.2 Å². The Kier molecular flexibility index (Phi) is 6.19. The summed E-state index contributed by atoms with van der Waals surface area (Å²) in [5.41, 5.74) is 8.36. The highest BCUT2D eigenvalue weighted by molar-refractivity contribution is 6.01. The molecule has 36 heavy (non-hydrogen) atoms. The van der Waals surface area contributed by atoms with E-state index in [0.717, 1.165) is 63.1 Å². The van der Waals surface area contributed by atoms with Gasteiger partial charge in [0.25, 0.3) is 5.91 Å². The van der Waals surface area contributed by atoms with E-state index in [1.165, 1.54) is 0 Å². The molecular weight excluding hydrogens is 449 g/mol. The minimum absolute atomic E-state index is 0.00132. The first kappa shape index (κ1) is 24.2. The van der Waals surface area contributed by atoms with Gasteiger partial charge in [-0.05, 0) is 87.9 Å². The molecule has 4 aromatic rings. The molecule has 0 bridgehead atoms. The molecule has 4 nitrogen and oxygen atoms in total. The monoisotopic (exact) mass is 483 g/mol. The maximum atomic E-state index is 14.3. The smallest absolute Gasteiger partial charge is 0.255 e. The lowest BCUT2D eigenvalue weighted by molar-refractivity contribution is 0.0598. The van der Waals surface area contributed by atoms with E-state index in [0.29, 0.717) is 12.1 Å². The van der Waals surface area contributed by atoms with Crippen molar-refractivity contribution in [2.24, 2.45) is 0 Å². The van der Waals surface area contributed by atoms with Gasteiger partial charge in [0, 0.05) is 12.1 Å². The zero-order chi connectivity index (χ0) is 25.6. The molecule has 5 rings (SSSR count). The van der Waals surface area contributed by atoms with Crippen molar-refractivity contribution in [3.8, 4) is 11.1 Å². The number of hydrogen-bond donors (Lipinski definition) is 0. The number of carbonyl (C=O) groups excluding carboxylic acids is 1. The zero-order valence-corrected chi connectivity index (χ0v) is 21.9. The molecule has 1 fully saturated rings. The molecule has 1 aliphatic rings. The molecule has 5 heteroatoms. The van der Waals surface area contributed by atoms with Gasteiger partial charge in [-0.2, -0.15) is 0 Å². The van der Waals surface area contributed by atoms with Crippen molar-refractivity contribution in [2.75, 3.05) is 13.2 Å². The van der Waals surface area contributed by atoms with Crippen molar-refractivity contribution in [3.05, 3.63) is 88.2 Å². The number of aromatic nitrogens is 2. The third-order valence-electron chi connectivity index (χ3n) is 7.77. The van der Waals surface area contributed by atoms with Gasteiger partial charge in [-0.3, -0.25) is 4.79 Å². The normalized spacial score (nSPS) is 17.8. The Morgan fingerprint density at radius 3 is 2.50 bits per heavy atom. The summed E-state index contributed by atoms with van der Waals surface area (Å²) in [4.78, 5) is 21.3. The Morgan fingerprint density at radius 2 is 1.75 bits per heavy atom. The first-order chi connectivity index (χ1) is 17.2. The van der Waals surface area contributed by atoms with Gasteiger partial charge < -0.3 is 9.47 Å². The molecule has 1 unspecified atom stereocenters. The lowest BCUT2D eigenvalue weighted by Crippen LogP contribution is -2.45. The van der Waals surface area contributed by atoms with Crippen molar-refractivity contribution in [1.82, 2.24) is 14.5 Å². The SMILES string of the molecule is Cc1cccc(-c2ccc(C)cc2C(=O)N2CCCC2(C)c2nc3cc(C)c(C)cc3n2CCF)c1. The number of fused-ring (bicyclic) bond motifs is 1. The number of amides is 1. The van der Waals surface area contributed by atoms with Crippen molar-refractivity contribution < 1.29 is 9.18 Å². The van der Waals surface area contributed by atoms with E-state index in [9.17, 15) is 9.18 Å². The number of aryl methyl sites for hydroxylation is 5. The van der Waals surface area contributed by atoms with Gasteiger partial charge in [-0.1, -0.05) is 47.5 Å². The van der Waals surface area contributed by atoms with Crippen molar-refractivity contribution in [2.45, 2.75) is 59.5 Å². The number of nitrogens with zero attached hydrogens (tertiary/aromatic N) is 3. The fourth-order valence-corrected chi connectivity index (χ4v) is 5.67. The number of alkyl halides is 1. The molecule has 0 N–H and O–H groups in total. The van der Waals surface area contributed by atoms with Crippen molar-refractivity contribution in [1.29, 1.82) is 0 Å². The molecule has 1 amide bonds. The van der Waals surface area contributed by atoms with Crippen LogP contribution >= 0.6 is 0 Å². The quantitative estimate of drug-likeness (QED) is 0.305. The summed E-state index contributed by atoms with van der Waals surface area (Å²) in [6, 6.07) is 18.5. The largest absolute Gasteiger partial charge is 0.326 e. The summed E-state index contributed by atoms with van der Waals surface area (Å²) < 4.78 is 15.8. The topological polar surface area (TPSA) is 38.1 Å². The third-order valence-corrected chi connectivity index (χ3v) is 7.77. The maximum absolute atomic E-state index is 14.3. The Labute approximate surface area is 212 Å². The molecule has 0 radical (unpaired) electrons. The summed E-state index contributed by atoms with van der Waals surface area (Å²) in [7, 11) is 0. The molecule has 3 aromatic carbocycles. The standard InChI is InChI=1S/C31H34FN3O/c1-20-8-6-9-24(16-20)25-11-10-21(2)17-26(25)29(36)35-14-7-12-31(35,5)30-33-27-18-22(3)23(4)19-28(27)34(30)15-13-32/h6,8-11,16-19H,7,12-15H2,1-5H3. The van der Waals surface area contributed by atoms with E-state index in [2.05, 4.69) is 70.2 Å². The van der Waals surface area contributed by atoms with Crippen LogP contribution in [0.5, 0.6) is 0 Å². The van der Waals surface area contributed by atoms with E-state index in [-0.39, 0.29) is 12.5 Å². The fourth-order valence-electron chi connectivity index (χ4n) is 5.67. The molecular formula is C31H34FN3O. The second-order valence-corrected chi connectivity index (χ2v) is 10.5. The minimum atomic E-state index is -0.624. The first-order valence-corrected chi connectivity index (χ1v) is 12.8. The fraction of sp³-hybridized carbons (Fsp3) is 0.355. The van der Waals surface area contributed by atoms with Crippen LogP contribution in [-0.4, -0.2) is 33.6 Å². The summed E-state index contributed by atoms with van der Waals surface area (Å²) >= 11 is 0. The first-order valence-electron chi connectivity index (χ1n) is 12.8. The summed E-state index contributed by atoms with van der Waals surface area (Å²) in [5, 5.41) is 0. The van der Waals surface area contributed by atoms with Gasteiger partial charge in [0.2, 0.25) is 0 Å². The van der Waals surface area contributed by atoms with Crippen LogP contribution in [0.1, 0.15) is 58.2 Å². The van der Waals surface area contributed by atoms with Gasteiger partial charge in [0.05, 0.1) is 23.1 Å². The second-order valence-electron chi connectivity index (χ2n) is 10.5. The van der Waals surface area contributed by atoms with E-state index >= 15 is 0 Å². The molecule has 1 saturated heterocycles. The second kappa shape index (κ2) is 9.20. The predicted molar refractivity (Wildman–Crippen MR) is 144 cm³/mol. The van der Waals surface area contributed by atoms with E-state index in [4.69, 9.17) is 4.98 Å². The van der Waals surface area contributed by atoms with Gasteiger partial charge in [-0.25, -0.2) is 9.37 Å². The Hall–Kier alpha value is -3.47. The van der Waals surface area contributed by atoms with E-state index < -0.39 is 12.2 Å². The summed E-state index contributed by atoms with van der Waals surface area (Å²) in [5.74, 6) is 0.775. The van der Waals surface area contributed by atoms with Crippen molar-refractivity contribution >= 4 is 16.9 Å². The van der Waals surface area contributed by atoms with Crippen LogP contribution in [0, 0.1) is 27.7 Å². The molecule has 0 saturated carbocycles. The van der Waals surface area contributed by atoms with Crippen LogP contribution in [0.3, 0.4) is 0 Å². The lowest BCUT2D eigenvalue weighted by Gasteiger charge is -2.35. The van der Waals surface area contributed by atoms with Gasteiger partial charge in [0.15, 0.2) is 0 Å². The predicted octanol–water partition coefficient (Wildman–Crippen LogP) is 7.06. The molecule has 1 aliphatic heterocycles.